The summed E-state index contributed by atoms with van der Waals surface area (Å²) >= 11 is 0. The Kier molecular flexibility index (Phi) is 6.05. The fourth-order valence-electron chi connectivity index (χ4n) is 4.67. The van der Waals surface area contributed by atoms with Crippen LogP contribution in [0.5, 0.6) is 0 Å². The van der Waals surface area contributed by atoms with E-state index in [1.807, 2.05) is 47.9 Å². The number of nitrogens with one attached hydrogen (secondary N) is 2. The van der Waals surface area contributed by atoms with E-state index in [4.69, 9.17) is 15.8 Å². The van der Waals surface area contributed by atoms with E-state index < -0.39 is 11.8 Å². The Bertz CT molecular complexity index is 1740. The Hall–Kier alpha value is -4.73. The second-order valence-electron chi connectivity index (χ2n) is 11.3. The van der Waals surface area contributed by atoms with E-state index >= 15 is 4.39 Å². The van der Waals surface area contributed by atoms with E-state index in [0.717, 1.165) is 35.6 Å². The number of amides is 2. The summed E-state index contributed by atoms with van der Waals surface area (Å²) in [7, 11) is 0. The molecule has 40 heavy (non-hydrogen) atoms. The fourth-order valence-corrected chi connectivity index (χ4v) is 4.67. The van der Waals surface area contributed by atoms with Crippen molar-refractivity contribution in [2.75, 3.05) is 16.4 Å². The van der Waals surface area contributed by atoms with Crippen LogP contribution in [-0.4, -0.2) is 30.2 Å². The molecule has 0 radical (unpaired) electrons. The normalized spacial score (nSPS) is 13.5. The maximum atomic E-state index is 15.3. The number of hydrogen-bond acceptors (Lipinski definition) is 5. The first kappa shape index (κ1) is 25.5. The minimum absolute atomic E-state index is 0.0377. The molecule has 6 rings (SSSR count). The van der Waals surface area contributed by atoms with Crippen LogP contribution in [0.25, 0.3) is 22.5 Å². The topological polar surface area (TPSA) is 115 Å². The van der Waals surface area contributed by atoms with E-state index in [1.54, 1.807) is 16.9 Å². The van der Waals surface area contributed by atoms with Gasteiger partial charge in [-0.05, 0) is 44.0 Å². The molecule has 3 aromatic heterocycles. The molecule has 3 heterocycles. The summed E-state index contributed by atoms with van der Waals surface area (Å²) in [4.78, 5) is 22.0. The van der Waals surface area contributed by atoms with Crippen LogP contribution in [0.2, 0.25) is 0 Å². The van der Waals surface area contributed by atoms with Gasteiger partial charge in [-0.3, -0.25) is 9.72 Å². The zero-order chi connectivity index (χ0) is 28.2. The molecule has 1 saturated carbocycles. The molecule has 0 atom stereocenters. The zero-order valence-corrected chi connectivity index (χ0v) is 22.9. The third-order valence-corrected chi connectivity index (χ3v) is 7.04. The molecule has 5 aromatic rings. The lowest BCUT2D eigenvalue weighted by Gasteiger charge is -2.14. The van der Waals surface area contributed by atoms with Crippen LogP contribution in [0.4, 0.5) is 26.5 Å². The van der Waals surface area contributed by atoms with E-state index in [0.29, 0.717) is 34.3 Å². The molecule has 0 unspecified atom stereocenters. The number of halogens is 1. The molecule has 0 saturated heterocycles. The summed E-state index contributed by atoms with van der Waals surface area (Å²) in [6.45, 7) is 8.16. The Balaban J connectivity index is 1.27. The minimum atomic E-state index is -0.591. The van der Waals surface area contributed by atoms with Crippen LogP contribution in [0.15, 0.2) is 60.9 Å². The average Bonchev–Trinajstić information content (AvgIpc) is 3.53. The fraction of sp³-hybridized carbons (Fsp3) is 0.267. The molecule has 2 amide bonds. The van der Waals surface area contributed by atoms with Crippen LogP contribution in [0.3, 0.4) is 0 Å². The van der Waals surface area contributed by atoms with Crippen molar-refractivity contribution in [2.45, 2.75) is 51.9 Å². The van der Waals surface area contributed by atoms with Gasteiger partial charge in [-0.2, -0.15) is 5.10 Å². The molecule has 1 aliphatic carbocycles. The number of anilines is 3. The lowest BCUT2D eigenvalue weighted by atomic mass is 9.92. The van der Waals surface area contributed by atoms with Gasteiger partial charge in [0, 0.05) is 35.4 Å². The number of benzene rings is 2. The highest BCUT2D eigenvalue weighted by molar-refractivity contribution is 6.00. The van der Waals surface area contributed by atoms with Crippen LogP contribution in [-0.2, 0) is 5.41 Å². The summed E-state index contributed by atoms with van der Waals surface area (Å²) in [5.74, 6) is 1.49. The number of imidazole rings is 1. The number of aryl methyl sites for hydroxylation is 1. The number of urea groups is 1. The molecule has 1 fully saturated rings. The van der Waals surface area contributed by atoms with Gasteiger partial charge in [0.2, 0.25) is 0 Å². The van der Waals surface area contributed by atoms with Crippen molar-refractivity contribution < 1.29 is 9.18 Å². The van der Waals surface area contributed by atoms with Gasteiger partial charge >= 0.3 is 6.03 Å². The number of carbonyl (C=O) groups is 1. The Labute approximate surface area is 231 Å². The Morgan fingerprint density at radius 2 is 1.82 bits per heavy atom. The first-order valence-corrected chi connectivity index (χ1v) is 13.3. The van der Waals surface area contributed by atoms with Gasteiger partial charge in [0.1, 0.15) is 34.5 Å². The lowest BCUT2D eigenvalue weighted by Crippen LogP contribution is -2.22. The maximum absolute atomic E-state index is 15.3. The first-order chi connectivity index (χ1) is 19.1. The van der Waals surface area contributed by atoms with Crippen LogP contribution in [0.1, 0.15) is 56.6 Å². The quantitative estimate of drug-likeness (QED) is 0.238. The van der Waals surface area contributed by atoms with Gasteiger partial charge in [0.25, 0.3) is 0 Å². The third-order valence-electron chi connectivity index (χ3n) is 7.04. The average molecular weight is 539 g/mol. The molecule has 2 aromatic carbocycles. The zero-order valence-electron chi connectivity index (χ0n) is 22.9. The van der Waals surface area contributed by atoms with Crippen LogP contribution < -0.4 is 16.4 Å². The molecule has 0 aliphatic heterocycles. The number of nitrogen functional groups attached to an aromatic ring is 1. The van der Waals surface area contributed by atoms with Crippen LogP contribution in [0, 0.1) is 12.7 Å². The SMILES string of the molecule is Cc1ccc(-n2nc(C(C)(C)C)cc2NC(=O)Nc2ccc(-c3nc(C4CC4)n4ccnc(N)c34)cc2F)cc1. The Morgan fingerprint density at radius 1 is 1.07 bits per heavy atom. The first-order valence-electron chi connectivity index (χ1n) is 13.3. The number of rotatable bonds is 5. The molecule has 1 aliphatic rings. The molecule has 0 bridgehead atoms. The monoisotopic (exact) mass is 538 g/mol. The van der Waals surface area contributed by atoms with Crippen molar-refractivity contribution in [3.05, 3.63) is 83.8 Å². The highest BCUT2D eigenvalue weighted by Gasteiger charge is 2.30. The van der Waals surface area contributed by atoms with E-state index in [2.05, 4.69) is 36.4 Å². The van der Waals surface area contributed by atoms with Gasteiger partial charge in [-0.1, -0.05) is 44.5 Å². The molecule has 9 nitrogen and oxygen atoms in total. The number of carbonyl (C=O) groups excluding carboxylic acids is 1. The van der Waals surface area contributed by atoms with Gasteiger partial charge in [-0.15, -0.1) is 0 Å². The third kappa shape index (κ3) is 4.76. The smallest absolute Gasteiger partial charge is 0.324 e. The van der Waals surface area contributed by atoms with Crippen molar-refractivity contribution in [2.24, 2.45) is 0 Å². The van der Waals surface area contributed by atoms with Gasteiger partial charge in [0.05, 0.1) is 17.1 Å². The lowest BCUT2D eigenvalue weighted by molar-refractivity contribution is 0.262. The number of hydrogen-bond donors (Lipinski definition) is 3. The predicted molar refractivity (Wildman–Crippen MR) is 154 cm³/mol. The molecule has 10 heteroatoms. The van der Waals surface area contributed by atoms with Gasteiger partial charge in [-0.25, -0.2) is 23.8 Å². The second kappa shape index (κ2) is 9.48. The number of nitrogens with two attached hydrogens (primary N) is 1. The summed E-state index contributed by atoms with van der Waals surface area (Å²) < 4.78 is 18.9. The van der Waals surface area contributed by atoms with Crippen molar-refractivity contribution in [1.29, 1.82) is 0 Å². The van der Waals surface area contributed by atoms with Crippen molar-refractivity contribution in [3.8, 4) is 16.9 Å². The minimum Gasteiger partial charge on any atom is -0.382 e. The van der Waals surface area contributed by atoms with Crippen LogP contribution >= 0.6 is 0 Å². The summed E-state index contributed by atoms with van der Waals surface area (Å²) in [5.41, 5.74) is 10.5. The standard InChI is InChI=1S/C30H31FN8O/c1-17-5-10-20(11-6-17)39-24(16-23(37-39)30(2,3)4)35-29(40)34-22-12-9-19(15-21(22)31)25-26-27(32)33-13-14-38(26)28(36-25)18-7-8-18/h5-6,9-16,18H,7-8H2,1-4H3,(H2,32,33)(H2,34,35,40). The maximum Gasteiger partial charge on any atom is 0.324 e. The molecular formula is C30H31FN8O. The van der Waals surface area contributed by atoms with Gasteiger partial charge < -0.3 is 11.1 Å². The summed E-state index contributed by atoms with van der Waals surface area (Å²) in [6, 6.07) is 13.7. The Morgan fingerprint density at radius 3 is 2.50 bits per heavy atom. The predicted octanol–water partition coefficient (Wildman–Crippen LogP) is 6.43. The second-order valence-corrected chi connectivity index (χ2v) is 11.3. The molecule has 204 valence electrons. The van der Waals surface area contributed by atoms with E-state index in [9.17, 15) is 4.79 Å². The van der Waals surface area contributed by atoms with E-state index in [-0.39, 0.29) is 11.1 Å². The number of aromatic nitrogens is 5. The molecule has 4 N–H and O–H groups in total. The van der Waals surface area contributed by atoms with Crippen molar-refractivity contribution in [1.82, 2.24) is 24.1 Å². The van der Waals surface area contributed by atoms with Crippen molar-refractivity contribution in [3.63, 3.8) is 0 Å². The van der Waals surface area contributed by atoms with E-state index in [1.165, 1.54) is 12.1 Å². The largest absolute Gasteiger partial charge is 0.382 e. The highest BCUT2D eigenvalue weighted by Crippen LogP contribution is 2.42. The number of fused-ring (bicyclic) bond motifs is 1. The highest BCUT2D eigenvalue weighted by atomic mass is 19.1. The summed E-state index contributed by atoms with van der Waals surface area (Å²) in [6.07, 6.45) is 5.60. The van der Waals surface area contributed by atoms with Gasteiger partial charge in [0.15, 0.2) is 0 Å². The number of nitrogens with zero attached hydrogens (tertiary/aromatic N) is 5. The van der Waals surface area contributed by atoms with Crippen molar-refractivity contribution >= 4 is 28.9 Å². The molecular weight excluding hydrogens is 507 g/mol. The summed E-state index contributed by atoms with van der Waals surface area (Å²) in [5, 5.41) is 10.2. The molecule has 0 spiro atoms.